The quantitative estimate of drug-likeness (QED) is 0.763. The van der Waals surface area contributed by atoms with Crippen LogP contribution >= 0.6 is 0 Å². The topological polar surface area (TPSA) is 102 Å². The van der Waals surface area contributed by atoms with Crippen molar-refractivity contribution in [2.45, 2.75) is 6.42 Å². The second-order valence-corrected chi connectivity index (χ2v) is 6.22. The van der Waals surface area contributed by atoms with Crippen molar-refractivity contribution in [2.24, 2.45) is 0 Å². The van der Waals surface area contributed by atoms with Gasteiger partial charge in [0.25, 0.3) is 0 Å². The van der Waals surface area contributed by atoms with Gasteiger partial charge in [-0.05, 0) is 17.7 Å². The fourth-order valence-electron chi connectivity index (χ4n) is 2.70. The number of hydrogen-bond acceptors (Lipinski definition) is 8. The lowest BCUT2D eigenvalue weighted by molar-refractivity contribution is -0.130. The van der Waals surface area contributed by atoms with E-state index in [2.05, 4.69) is 25.1 Å². The van der Waals surface area contributed by atoms with Crippen molar-refractivity contribution in [1.82, 2.24) is 25.1 Å². The van der Waals surface area contributed by atoms with Gasteiger partial charge >= 0.3 is 0 Å². The van der Waals surface area contributed by atoms with Gasteiger partial charge in [0, 0.05) is 52.7 Å². The maximum Gasteiger partial charge on any atom is 0.227 e. The third-order valence-electron chi connectivity index (χ3n) is 4.17. The minimum atomic E-state index is 0.0664. The molecule has 1 amide bonds. The Kier molecular flexibility index (Phi) is 5.22. The third kappa shape index (κ3) is 4.03. The molecule has 0 N–H and O–H groups in total. The van der Waals surface area contributed by atoms with E-state index in [0.29, 0.717) is 44.2 Å². The molecule has 26 heavy (non-hydrogen) atoms. The van der Waals surface area contributed by atoms with Crippen LogP contribution in [0, 0.1) is 11.3 Å². The fourth-order valence-corrected chi connectivity index (χ4v) is 2.70. The number of carbonyl (C=O) groups is 1. The Balaban J connectivity index is 1.53. The van der Waals surface area contributed by atoms with E-state index < -0.39 is 0 Å². The molecule has 9 nitrogen and oxygen atoms in total. The summed E-state index contributed by atoms with van der Waals surface area (Å²) in [5, 5.41) is 16.7. The van der Waals surface area contributed by atoms with Crippen LogP contribution in [0.5, 0.6) is 0 Å². The minimum Gasteiger partial charge on any atom is -0.352 e. The number of amides is 1. The maximum absolute atomic E-state index is 12.5. The molecule has 3 heterocycles. The molecule has 0 unspecified atom stereocenters. The normalized spacial score (nSPS) is 14.0. The maximum atomic E-state index is 12.5. The standard InChI is InChI=1S/C17H20N8O/c1-23(2)17-19-11-13(12-20-17)9-16(26)25-7-5-24(6-8-25)15-4-3-14(10-18)21-22-15/h3-4,11-12H,5-9H2,1-2H3. The van der Waals surface area contributed by atoms with Crippen molar-refractivity contribution in [2.75, 3.05) is 50.1 Å². The first-order valence-electron chi connectivity index (χ1n) is 8.31. The number of nitriles is 1. The summed E-state index contributed by atoms with van der Waals surface area (Å²) in [5.74, 6) is 1.42. The second kappa shape index (κ2) is 7.74. The van der Waals surface area contributed by atoms with Crippen LogP contribution in [0.3, 0.4) is 0 Å². The Hall–Kier alpha value is -3.28. The van der Waals surface area contributed by atoms with E-state index >= 15 is 0 Å². The molecule has 0 spiro atoms. The van der Waals surface area contributed by atoms with Crippen molar-refractivity contribution in [1.29, 1.82) is 5.26 Å². The molecule has 0 aliphatic carbocycles. The van der Waals surface area contributed by atoms with Crippen LogP contribution in [-0.2, 0) is 11.2 Å². The van der Waals surface area contributed by atoms with E-state index in [0.717, 1.165) is 11.4 Å². The van der Waals surface area contributed by atoms with E-state index in [1.165, 1.54) is 0 Å². The SMILES string of the molecule is CN(C)c1ncc(CC(=O)N2CCN(c3ccc(C#N)nn3)CC2)cn1. The minimum absolute atomic E-state index is 0.0664. The van der Waals surface area contributed by atoms with Crippen LogP contribution in [0.25, 0.3) is 0 Å². The summed E-state index contributed by atoms with van der Waals surface area (Å²) in [7, 11) is 3.75. The van der Waals surface area contributed by atoms with Crippen LogP contribution in [0.2, 0.25) is 0 Å². The van der Waals surface area contributed by atoms with Gasteiger partial charge in [0.15, 0.2) is 11.5 Å². The van der Waals surface area contributed by atoms with Gasteiger partial charge in [-0.1, -0.05) is 0 Å². The Morgan fingerprint density at radius 1 is 1.15 bits per heavy atom. The van der Waals surface area contributed by atoms with Crippen LogP contribution in [0.1, 0.15) is 11.3 Å². The molecule has 9 heteroatoms. The summed E-state index contributed by atoms with van der Waals surface area (Å²) >= 11 is 0. The summed E-state index contributed by atoms with van der Waals surface area (Å²) in [6, 6.07) is 5.39. The number of hydrogen-bond donors (Lipinski definition) is 0. The van der Waals surface area contributed by atoms with Crippen molar-refractivity contribution in [3.63, 3.8) is 0 Å². The molecule has 1 aliphatic heterocycles. The van der Waals surface area contributed by atoms with Gasteiger partial charge < -0.3 is 14.7 Å². The molecule has 0 bridgehead atoms. The van der Waals surface area contributed by atoms with Crippen molar-refractivity contribution >= 4 is 17.7 Å². The largest absolute Gasteiger partial charge is 0.352 e. The molecule has 2 aromatic rings. The van der Waals surface area contributed by atoms with Gasteiger partial charge in [0.1, 0.15) is 6.07 Å². The molecule has 1 fully saturated rings. The highest BCUT2D eigenvalue weighted by atomic mass is 16.2. The predicted octanol–water partition coefficient (Wildman–Crippen LogP) is 0.0956. The lowest BCUT2D eigenvalue weighted by atomic mass is 10.2. The van der Waals surface area contributed by atoms with Crippen molar-refractivity contribution in [3.8, 4) is 6.07 Å². The molecule has 1 saturated heterocycles. The van der Waals surface area contributed by atoms with E-state index in [4.69, 9.17) is 5.26 Å². The lowest BCUT2D eigenvalue weighted by Gasteiger charge is -2.35. The first kappa shape index (κ1) is 17.5. The van der Waals surface area contributed by atoms with Crippen molar-refractivity contribution in [3.05, 3.63) is 35.8 Å². The molecule has 3 rings (SSSR count). The Labute approximate surface area is 151 Å². The van der Waals surface area contributed by atoms with E-state index in [9.17, 15) is 4.79 Å². The van der Waals surface area contributed by atoms with Crippen LogP contribution in [0.15, 0.2) is 24.5 Å². The highest BCUT2D eigenvalue weighted by Gasteiger charge is 2.22. The van der Waals surface area contributed by atoms with Crippen LogP contribution < -0.4 is 9.80 Å². The van der Waals surface area contributed by atoms with Crippen molar-refractivity contribution < 1.29 is 4.79 Å². The number of carbonyl (C=O) groups excluding carboxylic acids is 1. The monoisotopic (exact) mass is 352 g/mol. The third-order valence-corrected chi connectivity index (χ3v) is 4.17. The van der Waals surface area contributed by atoms with Crippen LogP contribution in [-0.4, -0.2) is 71.2 Å². The number of nitrogens with zero attached hydrogens (tertiary/aromatic N) is 8. The highest BCUT2D eigenvalue weighted by Crippen LogP contribution is 2.14. The summed E-state index contributed by atoms with van der Waals surface area (Å²) in [5.41, 5.74) is 1.10. The first-order valence-corrected chi connectivity index (χ1v) is 8.31. The molecule has 2 aromatic heterocycles. The molecular formula is C17H20N8O. The molecule has 0 saturated carbocycles. The summed E-state index contributed by atoms with van der Waals surface area (Å²) in [6.45, 7) is 2.61. The number of piperazine rings is 1. The zero-order chi connectivity index (χ0) is 18.5. The molecule has 1 aliphatic rings. The van der Waals surface area contributed by atoms with Gasteiger partial charge in [0.2, 0.25) is 11.9 Å². The average molecular weight is 352 g/mol. The number of aromatic nitrogens is 4. The van der Waals surface area contributed by atoms with E-state index in [1.54, 1.807) is 24.5 Å². The fraction of sp³-hybridized carbons (Fsp3) is 0.412. The molecule has 134 valence electrons. The predicted molar refractivity (Wildman–Crippen MR) is 95.6 cm³/mol. The Bertz CT molecular complexity index is 789. The summed E-state index contributed by atoms with van der Waals surface area (Å²) < 4.78 is 0. The molecule has 0 aromatic carbocycles. The van der Waals surface area contributed by atoms with E-state index in [-0.39, 0.29) is 5.91 Å². The number of anilines is 2. The van der Waals surface area contributed by atoms with Gasteiger partial charge in [0.05, 0.1) is 6.42 Å². The first-order chi connectivity index (χ1) is 12.6. The van der Waals surface area contributed by atoms with Gasteiger partial charge in [-0.3, -0.25) is 4.79 Å². The van der Waals surface area contributed by atoms with Gasteiger partial charge in [-0.15, -0.1) is 10.2 Å². The molecular weight excluding hydrogens is 332 g/mol. The Morgan fingerprint density at radius 3 is 2.38 bits per heavy atom. The highest BCUT2D eigenvalue weighted by molar-refractivity contribution is 5.79. The number of rotatable bonds is 4. The molecule has 0 radical (unpaired) electrons. The van der Waals surface area contributed by atoms with Crippen LogP contribution in [0.4, 0.5) is 11.8 Å². The zero-order valence-electron chi connectivity index (χ0n) is 14.8. The lowest BCUT2D eigenvalue weighted by Crippen LogP contribution is -2.49. The second-order valence-electron chi connectivity index (χ2n) is 6.22. The average Bonchev–Trinajstić information content (AvgIpc) is 2.68. The smallest absolute Gasteiger partial charge is 0.227 e. The van der Waals surface area contributed by atoms with Gasteiger partial charge in [-0.2, -0.15) is 5.26 Å². The molecule has 0 atom stereocenters. The summed E-state index contributed by atoms with van der Waals surface area (Å²) in [6.07, 6.45) is 3.69. The van der Waals surface area contributed by atoms with Gasteiger partial charge in [-0.25, -0.2) is 9.97 Å². The summed E-state index contributed by atoms with van der Waals surface area (Å²) in [4.78, 5) is 26.7. The van der Waals surface area contributed by atoms with E-state index in [1.807, 2.05) is 30.0 Å². The Morgan fingerprint density at radius 2 is 1.85 bits per heavy atom. The zero-order valence-corrected chi connectivity index (χ0v) is 14.8.